The van der Waals surface area contributed by atoms with E-state index in [4.69, 9.17) is 10.7 Å². The number of likely N-dealkylation sites (tertiary alicyclic amines) is 1. The van der Waals surface area contributed by atoms with E-state index in [-0.39, 0.29) is 11.9 Å². The van der Waals surface area contributed by atoms with Crippen LogP contribution >= 0.6 is 11.3 Å². The molecule has 1 saturated heterocycles. The van der Waals surface area contributed by atoms with Crippen LogP contribution < -0.4 is 5.73 Å². The molecular weight excluding hydrogens is 258 g/mol. The van der Waals surface area contributed by atoms with Gasteiger partial charge in [0.15, 0.2) is 0 Å². The van der Waals surface area contributed by atoms with Crippen LogP contribution in [-0.4, -0.2) is 28.9 Å². The highest BCUT2D eigenvalue weighted by molar-refractivity contribution is 7.18. The van der Waals surface area contributed by atoms with Crippen molar-refractivity contribution >= 4 is 27.5 Å². The second kappa shape index (κ2) is 5.27. The first kappa shape index (κ1) is 12.6. The van der Waals surface area contributed by atoms with E-state index in [9.17, 15) is 4.79 Å². The molecule has 0 bridgehead atoms. The Morgan fingerprint density at radius 3 is 3.05 bits per heavy atom. The number of para-hydroxylation sites is 1. The monoisotopic (exact) mass is 275 g/mol. The molecule has 0 spiro atoms. The Morgan fingerprint density at radius 2 is 2.26 bits per heavy atom. The molecule has 2 heterocycles. The lowest BCUT2D eigenvalue weighted by molar-refractivity contribution is -0.120. The molecule has 0 saturated carbocycles. The summed E-state index contributed by atoms with van der Waals surface area (Å²) < 4.78 is 1.21. The third-order valence-corrected chi connectivity index (χ3v) is 4.71. The fourth-order valence-electron chi connectivity index (χ4n) is 2.69. The zero-order chi connectivity index (χ0) is 13.2. The first-order valence-electron chi connectivity index (χ1n) is 6.62. The quantitative estimate of drug-likeness (QED) is 0.935. The van der Waals surface area contributed by atoms with Gasteiger partial charge in [-0.1, -0.05) is 18.6 Å². The van der Waals surface area contributed by atoms with Crippen molar-refractivity contribution in [1.29, 1.82) is 0 Å². The summed E-state index contributed by atoms with van der Waals surface area (Å²) in [5.74, 6) is -0.256. The van der Waals surface area contributed by atoms with Gasteiger partial charge >= 0.3 is 0 Å². The van der Waals surface area contributed by atoms with Crippen LogP contribution in [0.25, 0.3) is 10.2 Å². The third kappa shape index (κ3) is 2.62. The molecule has 2 N–H and O–H groups in total. The molecule has 1 fully saturated rings. The van der Waals surface area contributed by atoms with Gasteiger partial charge in [0.05, 0.1) is 22.8 Å². The number of nitrogens with two attached hydrogens (primary N) is 1. The Hall–Kier alpha value is -1.46. The van der Waals surface area contributed by atoms with Crippen molar-refractivity contribution in [3.63, 3.8) is 0 Å². The molecule has 5 heteroatoms. The van der Waals surface area contributed by atoms with Crippen molar-refractivity contribution in [2.45, 2.75) is 25.3 Å². The molecule has 1 aliphatic heterocycles. The Bertz CT molecular complexity index is 562. The first-order chi connectivity index (χ1) is 9.24. The number of thiazole rings is 1. The summed E-state index contributed by atoms with van der Waals surface area (Å²) in [7, 11) is 0. The minimum Gasteiger partial charge on any atom is -0.369 e. The standard InChI is InChI=1S/C14H17N3OS/c15-13(18)9-17-8-4-3-6-11(17)14-16-10-5-1-2-7-12(10)19-14/h1-2,5,7,11H,3-4,6,8-9H2,(H2,15,18). The van der Waals surface area contributed by atoms with E-state index in [2.05, 4.69) is 11.0 Å². The van der Waals surface area contributed by atoms with Gasteiger partial charge in [0.1, 0.15) is 5.01 Å². The highest BCUT2D eigenvalue weighted by Gasteiger charge is 2.27. The number of hydrogen-bond donors (Lipinski definition) is 1. The average Bonchev–Trinajstić information content (AvgIpc) is 2.82. The van der Waals surface area contributed by atoms with Gasteiger partial charge in [-0.3, -0.25) is 9.69 Å². The largest absolute Gasteiger partial charge is 0.369 e. The van der Waals surface area contributed by atoms with Gasteiger partial charge in [-0.05, 0) is 31.5 Å². The lowest BCUT2D eigenvalue weighted by Crippen LogP contribution is -2.39. The van der Waals surface area contributed by atoms with E-state index in [1.54, 1.807) is 11.3 Å². The molecule has 1 amide bonds. The van der Waals surface area contributed by atoms with Crippen molar-refractivity contribution in [1.82, 2.24) is 9.88 Å². The molecule has 2 aromatic rings. The van der Waals surface area contributed by atoms with Crippen LogP contribution in [0.2, 0.25) is 0 Å². The highest BCUT2D eigenvalue weighted by Crippen LogP contribution is 2.35. The summed E-state index contributed by atoms with van der Waals surface area (Å²) in [6, 6.07) is 8.42. The van der Waals surface area contributed by atoms with Gasteiger partial charge in [0.25, 0.3) is 0 Å². The van der Waals surface area contributed by atoms with Gasteiger partial charge in [0.2, 0.25) is 5.91 Å². The summed E-state index contributed by atoms with van der Waals surface area (Å²) in [5.41, 5.74) is 6.39. The van der Waals surface area contributed by atoms with E-state index in [1.807, 2.05) is 18.2 Å². The predicted octanol–water partition coefficient (Wildman–Crippen LogP) is 2.31. The van der Waals surface area contributed by atoms with Crippen LogP contribution in [0.3, 0.4) is 0 Å². The average molecular weight is 275 g/mol. The van der Waals surface area contributed by atoms with Crippen molar-refractivity contribution < 1.29 is 4.79 Å². The SMILES string of the molecule is NC(=O)CN1CCCCC1c1nc2ccccc2s1. The molecule has 1 unspecified atom stereocenters. The number of primary amides is 1. The zero-order valence-electron chi connectivity index (χ0n) is 10.7. The molecular formula is C14H17N3OS. The highest BCUT2D eigenvalue weighted by atomic mass is 32.1. The van der Waals surface area contributed by atoms with Crippen LogP contribution in [0.4, 0.5) is 0 Å². The number of hydrogen-bond acceptors (Lipinski definition) is 4. The summed E-state index contributed by atoms with van der Waals surface area (Å²) >= 11 is 1.73. The minimum atomic E-state index is -0.256. The topological polar surface area (TPSA) is 59.2 Å². The van der Waals surface area contributed by atoms with Crippen molar-refractivity contribution in [3.05, 3.63) is 29.3 Å². The van der Waals surface area contributed by atoms with E-state index >= 15 is 0 Å². The number of fused-ring (bicyclic) bond motifs is 1. The third-order valence-electron chi connectivity index (χ3n) is 3.57. The normalized spacial score (nSPS) is 20.7. The fraction of sp³-hybridized carbons (Fsp3) is 0.429. The van der Waals surface area contributed by atoms with Crippen LogP contribution in [0.1, 0.15) is 30.3 Å². The van der Waals surface area contributed by atoms with E-state index < -0.39 is 0 Å². The summed E-state index contributed by atoms with van der Waals surface area (Å²) in [6.45, 7) is 1.27. The maximum atomic E-state index is 11.2. The number of benzene rings is 1. The van der Waals surface area contributed by atoms with Crippen LogP contribution in [-0.2, 0) is 4.79 Å². The molecule has 1 aliphatic rings. The molecule has 0 radical (unpaired) electrons. The Morgan fingerprint density at radius 1 is 1.42 bits per heavy atom. The molecule has 19 heavy (non-hydrogen) atoms. The Kier molecular flexibility index (Phi) is 3.48. The maximum absolute atomic E-state index is 11.2. The van der Waals surface area contributed by atoms with Gasteiger partial charge < -0.3 is 5.73 Å². The van der Waals surface area contributed by atoms with Crippen LogP contribution in [0.15, 0.2) is 24.3 Å². The molecule has 1 aromatic carbocycles. The summed E-state index contributed by atoms with van der Waals surface area (Å²) in [5, 5.41) is 1.11. The van der Waals surface area contributed by atoms with Crippen LogP contribution in [0.5, 0.6) is 0 Å². The maximum Gasteiger partial charge on any atom is 0.231 e. The Balaban J connectivity index is 1.91. The summed E-state index contributed by atoms with van der Waals surface area (Å²) in [4.78, 5) is 18.1. The van der Waals surface area contributed by atoms with Crippen molar-refractivity contribution in [2.24, 2.45) is 5.73 Å². The Labute approximate surface area is 116 Å². The van der Waals surface area contributed by atoms with Gasteiger partial charge in [-0.25, -0.2) is 4.98 Å². The van der Waals surface area contributed by atoms with Gasteiger partial charge in [-0.15, -0.1) is 11.3 Å². The molecule has 0 aliphatic carbocycles. The molecule has 1 atom stereocenters. The van der Waals surface area contributed by atoms with E-state index in [0.717, 1.165) is 29.9 Å². The van der Waals surface area contributed by atoms with Gasteiger partial charge in [-0.2, -0.15) is 0 Å². The zero-order valence-corrected chi connectivity index (χ0v) is 11.5. The van der Waals surface area contributed by atoms with Crippen LogP contribution in [0, 0.1) is 0 Å². The second-order valence-corrected chi connectivity index (χ2v) is 6.03. The number of rotatable bonds is 3. The van der Waals surface area contributed by atoms with Crippen molar-refractivity contribution in [2.75, 3.05) is 13.1 Å². The number of amides is 1. The smallest absolute Gasteiger partial charge is 0.231 e. The lowest BCUT2D eigenvalue weighted by atomic mass is 10.0. The number of aromatic nitrogens is 1. The number of carbonyl (C=O) groups excluding carboxylic acids is 1. The predicted molar refractivity (Wildman–Crippen MR) is 77.0 cm³/mol. The minimum absolute atomic E-state index is 0.249. The van der Waals surface area contributed by atoms with Gasteiger partial charge in [0, 0.05) is 0 Å². The summed E-state index contributed by atoms with van der Waals surface area (Å²) in [6.07, 6.45) is 3.39. The van der Waals surface area contributed by atoms with Crippen molar-refractivity contribution in [3.8, 4) is 0 Å². The second-order valence-electron chi connectivity index (χ2n) is 4.97. The van der Waals surface area contributed by atoms with E-state index in [0.29, 0.717) is 6.54 Å². The molecule has 1 aromatic heterocycles. The molecule has 100 valence electrons. The number of nitrogens with zero attached hydrogens (tertiary/aromatic N) is 2. The number of carbonyl (C=O) groups is 1. The number of piperidine rings is 1. The first-order valence-corrected chi connectivity index (χ1v) is 7.43. The lowest BCUT2D eigenvalue weighted by Gasteiger charge is -2.33. The van der Waals surface area contributed by atoms with E-state index in [1.165, 1.54) is 11.1 Å². The molecule has 3 rings (SSSR count). The fourth-order valence-corrected chi connectivity index (χ4v) is 3.83. The molecule has 4 nitrogen and oxygen atoms in total.